The zero-order chi connectivity index (χ0) is 21.4. The van der Waals surface area contributed by atoms with Gasteiger partial charge in [-0.25, -0.2) is 17.9 Å². The molecule has 1 heterocycles. The van der Waals surface area contributed by atoms with Crippen molar-refractivity contribution in [3.8, 4) is 22.4 Å². The van der Waals surface area contributed by atoms with Gasteiger partial charge in [0.05, 0.1) is 11.4 Å². The smallest absolute Gasteiger partial charge is 0.255 e. The Kier molecular flexibility index (Phi) is 5.33. The van der Waals surface area contributed by atoms with Crippen LogP contribution in [0.5, 0.6) is 0 Å². The minimum Gasteiger partial charge on any atom is -0.255 e. The fraction of sp³-hybridized carbons (Fsp3) is 0.105. The van der Waals surface area contributed by atoms with Crippen molar-refractivity contribution in [3.63, 3.8) is 0 Å². The van der Waals surface area contributed by atoms with Crippen LogP contribution in [0.4, 0.5) is 17.6 Å². The van der Waals surface area contributed by atoms with Gasteiger partial charge in [0.25, 0.3) is 0 Å². The van der Waals surface area contributed by atoms with E-state index >= 15 is 0 Å². The number of allylic oxidation sites excluding steroid dienone is 1. The van der Waals surface area contributed by atoms with Gasteiger partial charge in [0.2, 0.25) is 10.0 Å². The molecule has 0 amide bonds. The number of rotatable bonds is 5. The van der Waals surface area contributed by atoms with Crippen molar-refractivity contribution in [1.29, 1.82) is 0 Å². The molecule has 0 bridgehead atoms. The van der Waals surface area contributed by atoms with Crippen LogP contribution in [0, 0.1) is 5.82 Å². The second-order valence-corrected chi connectivity index (χ2v) is 7.68. The second-order valence-electron chi connectivity index (χ2n) is 6.12. The first kappa shape index (κ1) is 20.7. The van der Waals surface area contributed by atoms with E-state index in [1.165, 1.54) is 42.5 Å². The molecular weight excluding hydrogens is 410 g/mol. The van der Waals surface area contributed by atoms with Gasteiger partial charge in [-0.2, -0.15) is 18.3 Å². The molecule has 0 saturated carbocycles. The zero-order valence-electron chi connectivity index (χ0n) is 14.8. The first-order valence-corrected chi connectivity index (χ1v) is 9.75. The molecule has 5 nitrogen and oxygen atoms in total. The van der Waals surface area contributed by atoms with E-state index in [9.17, 15) is 26.0 Å². The molecule has 0 unspecified atom stereocenters. The maximum absolute atomic E-state index is 13.9. The summed E-state index contributed by atoms with van der Waals surface area (Å²) >= 11 is 0. The highest BCUT2D eigenvalue weighted by Gasteiger charge is 2.40. The third-order valence-corrected chi connectivity index (χ3v) is 5.04. The van der Waals surface area contributed by atoms with E-state index in [1.807, 2.05) is 0 Å². The number of primary sulfonamides is 1. The molecule has 29 heavy (non-hydrogen) atoms. The number of alkyl halides is 3. The molecule has 0 radical (unpaired) electrons. The Morgan fingerprint density at radius 1 is 1.03 bits per heavy atom. The first-order chi connectivity index (χ1) is 13.5. The first-order valence-electron chi connectivity index (χ1n) is 8.20. The van der Waals surface area contributed by atoms with Crippen LogP contribution in [0.15, 0.2) is 66.1 Å². The van der Waals surface area contributed by atoms with Gasteiger partial charge in [0.15, 0.2) is 5.69 Å². The Morgan fingerprint density at radius 3 is 2.07 bits per heavy atom. The van der Waals surface area contributed by atoms with Crippen molar-refractivity contribution in [2.75, 3.05) is 0 Å². The summed E-state index contributed by atoms with van der Waals surface area (Å²) in [6, 6.07) is 9.53. The molecule has 0 aliphatic heterocycles. The lowest BCUT2D eigenvalue weighted by Crippen LogP contribution is -2.15. The topological polar surface area (TPSA) is 78.0 Å². The Hall–Kier alpha value is -2.98. The minimum atomic E-state index is -4.75. The van der Waals surface area contributed by atoms with Gasteiger partial charge in [-0.1, -0.05) is 30.3 Å². The Bertz CT molecular complexity index is 1150. The summed E-state index contributed by atoms with van der Waals surface area (Å²) < 4.78 is 78.6. The second kappa shape index (κ2) is 7.45. The van der Waals surface area contributed by atoms with E-state index < -0.39 is 27.7 Å². The number of sulfonamides is 1. The quantitative estimate of drug-likeness (QED) is 0.491. The molecule has 0 fully saturated rings. The predicted octanol–water partition coefficient (Wildman–Crippen LogP) is 4.21. The maximum atomic E-state index is 13.9. The van der Waals surface area contributed by atoms with Crippen molar-refractivity contribution in [2.24, 2.45) is 5.14 Å². The van der Waals surface area contributed by atoms with Crippen LogP contribution >= 0.6 is 0 Å². The standard InChI is InChI=1S/C19H15F4N3O2S/c1-2-11-26-18(19(21,22)23)16(12-3-7-14(20)8-4-12)17(25-26)13-5-9-15(10-6-13)29(24,27)28/h2-10H,1,11H2,(H2,24,27,28). The van der Waals surface area contributed by atoms with Crippen LogP contribution in [0.2, 0.25) is 0 Å². The number of nitrogens with zero attached hydrogens (tertiary/aromatic N) is 2. The Labute approximate surface area is 164 Å². The fourth-order valence-electron chi connectivity index (χ4n) is 2.90. The average molecular weight is 425 g/mol. The highest BCUT2D eigenvalue weighted by atomic mass is 32.2. The van der Waals surface area contributed by atoms with Crippen LogP contribution in [-0.4, -0.2) is 18.2 Å². The van der Waals surface area contributed by atoms with Gasteiger partial charge in [-0.3, -0.25) is 4.68 Å². The van der Waals surface area contributed by atoms with Crippen LogP contribution in [0.3, 0.4) is 0 Å². The summed E-state index contributed by atoms with van der Waals surface area (Å²) in [6.07, 6.45) is -3.48. The number of hydrogen-bond acceptors (Lipinski definition) is 3. The molecule has 1 aromatic heterocycles. The summed E-state index contributed by atoms with van der Waals surface area (Å²) in [4.78, 5) is -0.189. The van der Waals surface area contributed by atoms with Crippen molar-refractivity contribution in [2.45, 2.75) is 17.6 Å². The highest BCUT2D eigenvalue weighted by molar-refractivity contribution is 7.89. The predicted molar refractivity (Wildman–Crippen MR) is 99.6 cm³/mol. The third-order valence-electron chi connectivity index (χ3n) is 4.11. The van der Waals surface area contributed by atoms with Gasteiger partial charge in [-0.15, -0.1) is 6.58 Å². The normalized spacial score (nSPS) is 12.2. The monoisotopic (exact) mass is 425 g/mol. The molecule has 0 saturated heterocycles. The Morgan fingerprint density at radius 2 is 1.59 bits per heavy atom. The lowest BCUT2D eigenvalue weighted by atomic mass is 9.98. The molecule has 152 valence electrons. The number of aromatic nitrogens is 2. The van der Waals surface area contributed by atoms with Crippen molar-refractivity contribution >= 4 is 10.0 Å². The number of hydrogen-bond donors (Lipinski definition) is 1. The van der Waals surface area contributed by atoms with Gasteiger partial charge < -0.3 is 0 Å². The lowest BCUT2D eigenvalue weighted by Gasteiger charge is -2.12. The van der Waals surface area contributed by atoms with Gasteiger partial charge in [0.1, 0.15) is 11.5 Å². The van der Waals surface area contributed by atoms with Crippen LogP contribution in [-0.2, 0) is 22.7 Å². The largest absolute Gasteiger partial charge is 0.433 e. The molecule has 2 N–H and O–H groups in total. The zero-order valence-corrected chi connectivity index (χ0v) is 15.6. The molecule has 3 rings (SSSR count). The molecule has 2 aromatic carbocycles. The molecule has 3 aromatic rings. The number of benzene rings is 2. The van der Waals surface area contributed by atoms with E-state index in [4.69, 9.17) is 5.14 Å². The van der Waals surface area contributed by atoms with Crippen molar-refractivity contribution in [3.05, 3.63) is 72.7 Å². The molecule has 10 heteroatoms. The van der Waals surface area contributed by atoms with Gasteiger partial charge in [-0.05, 0) is 29.8 Å². The summed E-state index contributed by atoms with van der Waals surface area (Å²) in [5.74, 6) is -0.597. The summed E-state index contributed by atoms with van der Waals surface area (Å²) in [6.45, 7) is 3.25. The van der Waals surface area contributed by atoms with Gasteiger partial charge >= 0.3 is 6.18 Å². The Balaban J connectivity index is 2.31. The molecular formula is C19H15F4N3O2S. The lowest BCUT2D eigenvalue weighted by molar-refractivity contribution is -0.143. The van der Waals surface area contributed by atoms with Crippen molar-refractivity contribution in [1.82, 2.24) is 9.78 Å². The highest BCUT2D eigenvalue weighted by Crippen LogP contribution is 2.42. The molecule has 0 spiro atoms. The molecule has 0 aliphatic rings. The third kappa shape index (κ3) is 4.22. The van der Waals surface area contributed by atoms with Crippen molar-refractivity contribution < 1.29 is 26.0 Å². The number of halogens is 4. The summed E-state index contributed by atoms with van der Waals surface area (Å²) in [7, 11) is -3.96. The summed E-state index contributed by atoms with van der Waals surface area (Å²) in [5.41, 5.74) is -0.950. The summed E-state index contributed by atoms with van der Waals surface area (Å²) in [5, 5.41) is 9.14. The van der Waals surface area contributed by atoms with E-state index in [0.29, 0.717) is 0 Å². The van der Waals surface area contributed by atoms with Crippen LogP contribution in [0.25, 0.3) is 22.4 Å². The molecule has 0 aliphatic carbocycles. The van der Waals surface area contributed by atoms with Crippen LogP contribution in [0.1, 0.15) is 5.69 Å². The van der Waals surface area contributed by atoms with E-state index in [1.54, 1.807) is 0 Å². The van der Waals surface area contributed by atoms with Gasteiger partial charge in [0, 0.05) is 11.1 Å². The fourth-order valence-corrected chi connectivity index (χ4v) is 3.41. The number of nitrogens with two attached hydrogens (primary N) is 1. The maximum Gasteiger partial charge on any atom is 0.433 e. The van der Waals surface area contributed by atoms with E-state index in [-0.39, 0.29) is 33.8 Å². The van der Waals surface area contributed by atoms with E-state index in [2.05, 4.69) is 11.7 Å². The average Bonchev–Trinajstić information content (AvgIpc) is 3.02. The SMILES string of the molecule is C=CCn1nc(-c2ccc(S(N)(=O)=O)cc2)c(-c2ccc(F)cc2)c1C(F)(F)F. The van der Waals surface area contributed by atoms with Crippen LogP contribution < -0.4 is 5.14 Å². The minimum absolute atomic E-state index is 0.0354. The molecule has 0 atom stereocenters. The van der Waals surface area contributed by atoms with E-state index in [0.717, 1.165) is 16.8 Å².